The van der Waals surface area contributed by atoms with E-state index in [0.717, 1.165) is 12.8 Å². The molecule has 0 radical (unpaired) electrons. The lowest BCUT2D eigenvalue weighted by Gasteiger charge is -2.19. The largest absolute Gasteiger partial charge is 0.323 e. The summed E-state index contributed by atoms with van der Waals surface area (Å²) in [5.41, 5.74) is 9.06. The molecule has 0 aliphatic carbocycles. The number of thiophene rings is 1. The van der Waals surface area contributed by atoms with Gasteiger partial charge in [0.2, 0.25) is 0 Å². The Labute approximate surface area is 126 Å². The van der Waals surface area contributed by atoms with Crippen LogP contribution in [-0.4, -0.2) is 0 Å². The summed E-state index contributed by atoms with van der Waals surface area (Å²) in [6.07, 6.45) is 2.19. The van der Waals surface area contributed by atoms with Crippen LogP contribution >= 0.6 is 11.3 Å². The summed E-state index contributed by atoms with van der Waals surface area (Å²) in [5.74, 6) is 0. The minimum Gasteiger partial charge on any atom is -0.323 e. The number of benzene rings is 1. The molecule has 0 saturated carbocycles. The summed E-state index contributed by atoms with van der Waals surface area (Å²) < 4.78 is 0. The first-order chi connectivity index (χ1) is 9.41. The minimum absolute atomic E-state index is 0.188. The van der Waals surface area contributed by atoms with Gasteiger partial charge in [-0.25, -0.2) is 0 Å². The van der Waals surface area contributed by atoms with Crippen LogP contribution in [0.25, 0.3) is 10.4 Å². The Bertz CT molecular complexity index is 546. The first kappa shape index (κ1) is 15.3. The number of hydrogen-bond acceptors (Lipinski definition) is 2. The lowest BCUT2D eigenvalue weighted by atomic mass is 9.86. The lowest BCUT2D eigenvalue weighted by molar-refractivity contribution is 0.590. The van der Waals surface area contributed by atoms with E-state index in [-0.39, 0.29) is 11.5 Å². The molecule has 2 aromatic rings. The van der Waals surface area contributed by atoms with Crippen LogP contribution in [0.2, 0.25) is 0 Å². The monoisotopic (exact) mass is 287 g/mol. The molecule has 2 N–H and O–H groups in total. The first-order valence-electron chi connectivity index (χ1n) is 7.38. The third kappa shape index (κ3) is 3.50. The molecule has 1 unspecified atom stereocenters. The zero-order chi connectivity index (χ0) is 14.8. The molecule has 1 nitrogen and oxygen atoms in total. The molecule has 0 bridgehead atoms. The van der Waals surface area contributed by atoms with Crippen LogP contribution in [0.4, 0.5) is 0 Å². The predicted molar refractivity (Wildman–Crippen MR) is 90.3 cm³/mol. The van der Waals surface area contributed by atoms with E-state index in [1.165, 1.54) is 20.9 Å². The smallest absolute Gasteiger partial charge is 0.0389 e. The third-order valence-electron chi connectivity index (χ3n) is 3.63. The standard InChI is InChI=1S/C18H25NS/c1-5-6-15(19)17-12-11-16(20-17)13-7-9-14(10-8-13)18(2,3)4/h7-12,15H,5-6,19H2,1-4H3. The van der Waals surface area contributed by atoms with Gasteiger partial charge in [-0.1, -0.05) is 58.4 Å². The summed E-state index contributed by atoms with van der Waals surface area (Å²) in [4.78, 5) is 2.61. The van der Waals surface area contributed by atoms with Crippen LogP contribution in [-0.2, 0) is 5.41 Å². The molecular formula is C18H25NS. The Morgan fingerprint density at radius 2 is 1.70 bits per heavy atom. The van der Waals surface area contributed by atoms with E-state index in [1.54, 1.807) is 0 Å². The second kappa shape index (κ2) is 6.11. The highest BCUT2D eigenvalue weighted by Gasteiger charge is 2.14. The summed E-state index contributed by atoms with van der Waals surface area (Å²) in [7, 11) is 0. The van der Waals surface area contributed by atoms with E-state index in [1.807, 2.05) is 11.3 Å². The van der Waals surface area contributed by atoms with Crippen molar-refractivity contribution in [2.75, 3.05) is 0 Å². The van der Waals surface area contributed by atoms with Gasteiger partial charge in [0.1, 0.15) is 0 Å². The lowest BCUT2D eigenvalue weighted by Crippen LogP contribution is -2.10. The molecule has 20 heavy (non-hydrogen) atoms. The molecule has 0 aliphatic heterocycles. The van der Waals surface area contributed by atoms with Gasteiger partial charge < -0.3 is 5.73 Å². The average molecular weight is 287 g/mol. The molecule has 1 heterocycles. The van der Waals surface area contributed by atoms with Gasteiger partial charge in [-0.2, -0.15) is 0 Å². The molecule has 2 rings (SSSR count). The zero-order valence-electron chi connectivity index (χ0n) is 12.9. The second-order valence-electron chi connectivity index (χ2n) is 6.42. The van der Waals surface area contributed by atoms with Gasteiger partial charge in [0.25, 0.3) is 0 Å². The predicted octanol–water partition coefficient (Wildman–Crippen LogP) is 5.51. The van der Waals surface area contributed by atoms with Crippen molar-refractivity contribution in [3.05, 3.63) is 46.8 Å². The summed E-state index contributed by atoms with van der Waals surface area (Å²) >= 11 is 1.82. The summed E-state index contributed by atoms with van der Waals surface area (Å²) in [6, 6.07) is 13.5. The van der Waals surface area contributed by atoms with Crippen LogP contribution in [0.1, 0.15) is 57.0 Å². The number of rotatable bonds is 4. The molecule has 2 heteroatoms. The molecule has 1 atom stereocenters. The maximum absolute atomic E-state index is 6.19. The molecular weight excluding hydrogens is 262 g/mol. The van der Waals surface area contributed by atoms with E-state index in [4.69, 9.17) is 5.73 Å². The third-order valence-corrected chi connectivity index (χ3v) is 4.89. The number of nitrogens with two attached hydrogens (primary N) is 1. The van der Waals surface area contributed by atoms with Crippen molar-refractivity contribution in [3.63, 3.8) is 0 Å². The maximum Gasteiger partial charge on any atom is 0.0389 e. The average Bonchev–Trinajstić information content (AvgIpc) is 2.88. The highest BCUT2D eigenvalue weighted by Crippen LogP contribution is 2.33. The van der Waals surface area contributed by atoms with Crippen molar-refractivity contribution in [3.8, 4) is 10.4 Å². The Balaban J connectivity index is 2.20. The van der Waals surface area contributed by atoms with E-state index < -0.39 is 0 Å². The van der Waals surface area contributed by atoms with Crippen molar-refractivity contribution in [1.82, 2.24) is 0 Å². The first-order valence-corrected chi connectivity index (χ1v) is 8.19. The van der Waals surface area contributed by atoms with Gasteiger partial charge in [0, 0.05) is 15.8 Å². The van der Waals surface area contributed by atoms with Gasteiger partial charge in [0.05, 0.1) is 0 Å². The Kier molecular flexibility index (Phi) is 4.66. The zero-order valence-corrected chi connectivity index (χ0v) is 13.8. The topological polar surface area (TPSA) is 26.0 Å². The van der Waals surface area contributed by atoms with E-state index in [9.17, 15) is 0 Å². The fourth-order valence-corrected chi connectivity index (χ4v) is 3.34. The van der Waals surface area contributed by atoms with Gasteiger partial charge in [-0.3, -0.25) is 0 Å². The SMILES string of the molecule is CCCC(N)c1ccc(-c2ccc(C(C)(C)C)cc2)s1. The fourth-order valence-electron chi connectivity index (χ4n) is 2.30. The van der Waals surface area contributed by atoms with Crippen molar-refractivity contribution >= 4 is 11.3 Å². The summed E-state index contributed by atoms with van der Waals surface area (Å²) in [5, 5.41) is 0. The van der Waals surface area contributed by atoms with Crippen molar-refractivity contribution in [1.29, 1.82) is 0 Å². The highest BCUT2D eigenvalue weighted by molar-refractivity contribution is 7.15. The molecule has 0 spiro atoms. The van der Waals surface area contributed by atoms with Gasteiger partial charge in [-0.05, 0) is 35.1 Å². The fraction of sp³-hybridized carbons (Fsp3) is 0.444. The van der Waals surface area contributed by atoms with E-state index >= 15 is 0 Å². The van der Waals surface area contributed by atoms with Crippen LogP contribution in [0, 0.1) is 0 Å². The maximum atomic E-state index is 6.19. The highest BCUT2D eigenvalue weighted by atomic mass is 32.1. The Morgan fingerprint density at radius 3 is 2.25 bits per heavy atom. The molecule has 0 aliphatic rings. The molecule has 108 valence electrons. The Morgan fingerprint density at radius 1 is 1.05 bits per heavy atom. The van der Waals surface area contributed by atoms with Crippen molar-refractivity contribution in [2.24, 2.45) is 5.73 Å². The van der Waals surface area contributed by atoms with Crippen LogP contribution in [0.15, 0.2) is 36.4 Å². The minimum atomic E-state index is 0.188. The summed E-state index contributed by atoms with van der Waals surface area (Å²) in [6.45, 7) is 8.92. The molecule has 1 aromatic carbocycles. The van der Waals surface area contributed by atoms with Crippen LogP contribution < -0.4 is 5.73 Å². The molecule has 0 saturated heterocycles. The van der Waals surface area contributed by atoms with E-state index in [2.05, 4.69) is 64.1 Å². The second-order valence-corrected chi connectivity index (χ2v) is 7.54. The van der Waals surface area contributed by atoms with E-state index in [0.29, 0.717) is 0 Å². The quantitative estimate of drug-likeness (QED) is 0.788. The Hall–Kier alpha value is -1.12. The van der Waals surface area contributed by atoms with Gasteiger partial charge in [-0.15, -0.1) is 11.3 Å². The molecule has 0 amide bonds. The van der Waals surface area contributed by atoms with Gasteiger partial charge >= 0.3 is 0 Å². The normalized spacial score (nSPS) is 13.4. The van der Waals surface area contributed by atoms with Crippen molar-refractivity contribution < 1.29 is 0 Å². The van der Waals surface area contributed by atoms with Crippen LogP contribution in [0.3, 0.4) is 0 Å². The van der Waals surface area contributed by atoms with Crippen molar-refractivity contribution in [2.45, 2.75) is 52.0 Å². The van der Waals surface area contributed by atoms with Crippen LogP contribution in [0.5, 0.6) is 0 Å². The molecule has 0 fully saturated rings. The number of hydrogen-bond donors (Lipinski definition) is 1. The molecule has 1 aromatic heterocycles. The van der Waals surface area contributed by atoms with Gasteiger partial charge in [0.15, 0.2) is 0 Å².